The fourth-order valence-electron chi connectivity index (χ4n) is 1.41. The van der Waals surface area contributed by atoms with Crippen LogP contribution in [-0.4, -0.2) is 16.0 Å². The van der Waals surface area contributed by atoms with Crippen molar-refractivity contribution in [1.29, 1.82) is 0 Å². The number of aromatic hydroxyl groups is 1. The molecular weight excluding hydrogens is 204 g/mol. The molecule has 0 atom stereocenters. The zero-order valence-corrected chi connectivity index (χ0v) is 8.60. The van der Waals surface area contributed by atoms with Gasteiger partial charge in [0.05, 0.1) is 12.1 Å². The van der Waals surface area contributed by atoms with E-state index in [1.807, 2.05) is 12.1 Å². The number of aromatic amines is 1. The first kappa shape index (κ1) is 10.3. The maximum Gasteiger partial charge on any atom is 0.255 e. The van der Waals surface area contributed by atoms with E-state index in [9.17, 15) is 9.90 Å². The van der Waals surface area contributed by atoms with E-state index in [-0.39, 0.29) is 17.2 Å². The number of H-pyrrole nitrogens is 1. The standard InChI is InChI=1S/C12H12N2O2/c15-11-6-2-1-5-10(11)12(16)14-8-9-4-3-7-13-9/h1-7,13,15H,8H2,(H,14,16). The molecule has 1 heterocycles. The number of benzene rings is 1. The molecule has 0 radical (unpaired) electrons. The van der Waals surface area contributed by atoms with Crippen molar-refractivity contribution in [1.82, 2.24) is 10.3 Å². The van der Waals surface area contributed by atoms with Crippen molar-refractivity contribution in [2.24, 2.45) is 0 Å². The lowest BCUT2D eigenvalue weighted by Gasteiger charge is -2.05. The van der Waals surface area contributed by atoms with Crippen LogP contribution in [0.3, 0.4) is 0 Å². The highest BCUT2D eigenvalue weighted by molar-refractivity contribution is 5.96. The summed E-state index contributed by atoms with van der Waals surface area (Å²) >= 11 is 0. The highest BCUT2D eigenvalue weighted by Crippen LogP contribution is 2.15. The Labute approximate surface area is 92.9 Å². The molecule has 0 aliphatic heterocycles. The van der Waals surface area contributed by atoms with Crippen molar-refractivity contribution >= 4 is 5.91 Å². The number of carbonyl (C=O) groups excluding carboxylic acids is 1. The summed E-state index contributed by atoms with van der Waals surface area (Å²) in [4.78, 5) is 14.7. The van der Waals surface area contributed by atoms with Crippen LogP contribution in [0.15, 0.2) is 42.6 Å². The summed E-state index contributed by atoms with van der Waals surface area (Å²) in [5.74, 6) is -0.292. The quantitative estimate of drug-likeness (QED) is 0.730. The van der Waals surface area contributed by atoms with Crippen molar-refractivity contribution in [3.05, 3.63) is 53.9 Å². The van der Waals surface area contributed by atoms with Crippen LogP contribution in [-0.2, 0) is 6.54 Å². The highest BCUT2D eigenvalue weighted by atomic mass is 16.3. The molecule has 82 valence electrons. The van der Waals surface area contributed by atoms with Gasteiger partial charge >= 0.3 is 0 Å². The molecule has 0 bridgehead atoms. The fourth-order valence-corrected chi connectivity index (χ4v) is 1.41. The summed E-state index contributed by atoms with van der Waals surface area (Å²) in [5.41, 5.74) is 1.21. The van der Waals surface area contributed by atoms with E-state index in [4.69, 9.17) is 0 Å². The van der Waals surface area contributed by atoms with Crippen LogP contribution in [0, 0.1) is 0 Å². The second-order valence-corrected chi connectivity index (χ2v) is 3.40. The molecule has 1 amide bonds. The molecule has 16 heavy (non-hydrogen) atoms. The predicted octanol–water partition coefficient (Wildman–Crippen LogP) is 1.65. The van der Waals surface area contributed by atoms with Gasteiger partial charge < -0.3 is 15.4 Å². The molecule has 0 fully saturated rings. The number of phenolic OH excluding ortho intramolecular Hbond substituents is 1. The smallest absolute Gasteiger partial charge is 0.255 e. The third-order valence-corrected chi connectivity index (χ3v) is 2.25. The molecular formula is C12H12N2O2. The summed E-state index contributed by atoms with van der Waals surface area (Å²) in [6.07, 6.45) is 1.79. The van der Waals surface area contributed by atoms with Gasteiger partial charge in [-0.1, -0.05) is 12.1 Å². The van der Waals surface area contributed by atoms with Crippen LogP contribution in [0.25, 0.3) is 0 Å². The first-order valence-corrected chi connectivity index (χ1v) is 4.96. The normalized spacial score (nSPS) is 10.0. The number of hydrogen-bond donors (Lipinski definition) is 3. The third-order valence-electron chi connectivity index (χ3n) is 2.25. The van der Waals surface area contributed by atoms with Crippen LogP contribution in [0.4, 0.5) is 0 Å². The van der Waals surface area contributed by atoms with Crippen molar-refractivity contribution in [3.8, 4) is 5.75 Å². The number of amides is 1. The first-order chi connectivity index (χ1) is 7.77. The lowest BCUT2D eigenvalue weighted by molar-refractivity contribution is 0.0948. The molecule has 0 saturated carbocycles. The SMILES string of the molecule is O=C(NCc1ccc[nH]1)c1ccccc1O. The van der Waals surface area contributed by atoms with Gasteiger partial charge in [-0.15, -0.1) is 0 Å². The van der Waals surface area contributed by atoms with Crippen molar-refractivity contribution < 1.29 is 9.90 Å². The zero-order chi connectivity index (χ0) is 11.4. The highest BCUT2D eigenvalue weighted by Gasteiger charge is 2.09. The van der Waals surface area contributed by atoms with Gasteiger partial charge in [-0.25, -0.2) is 0 Å². The van der Waals surface area contributed by atoms with Crippen LogP contribution < -0.4 is 5.32 Å². The topological polar surface area (TPSA) is 65.1 Å². The van der Waals surface area contributed by atoms with E-state index in [0.717, 1.165) is 5.69 Å². The van der Waals surface area contributed by atoms with Crippen molar-refractivity contribution in [3.63, 3.8) is 0 Å². The van der Waals surface area contributed by atoms with E-state index in [0.29, 0.717) is 6.54 Å². The van der Waals surface area contributed by atoms with E-state index < -0.39 is 0 Å². The predicted molar refractivity (Wildman–Crippen MR) is 60.1 cm³/mol. The van der Waals surface area contributed by atoms with Gasteiger partial charge in [-0.3, -0.25) is 4.79 Å². The molecule has 0 aliphatic rings. The number of phenols is 1. The van der Waals surface area contributed by atoms with E-state index in [1.54, 1.807) is 24.4 Å². The Morgan fingerprint density at radius 1 is 1.25 bits per heavy atom. The summed E-state index contributed by atoms with van der Waals surface area (Å²) < 4.78 is 0. The monoisotopic (exact) mass is 216 g/mol. The summed E-state index contributed by atoms with van der Waals surface area (Å²) in [7, 11) is 0. The van der Waals surface area contributed by atoms with E-state index in [1.165, 1.54) is 6.07 Å². The van der Waals surface area contributed by atoms with Gasteiger partial charge in [-0.05, 0) is 24.3 Å². The Morgan fingerprint density at radius 2 is 2.06 bits per heavy atom. The van der Waals surface area contributed by atoms with Gasteiger partial charge in [0.2, 0.25) is 0 Å². The molecule has 0 saturated heterocycles. The lowest BCUT2D eigenvalue weighted by Crippen LogP contribution is -2.22. The molecule has 0 aliphatic carbocycles. The Bertz CT molecular complexity index is 478. The number of carbonyl (C=O) groups is 1. The second kappa shape index (κ2) is 4.53. The van der Waals surface area contributed by atoms with E-state index >= 15 is 0 Å². The van der Waals surface area contributed by atoms with E-state index in [2.05, 4.69) is 10.3 Å². The Morgan fingerprint density at radius 3 is 2.75 bits per heavy atom. The Hall–Kier alpha value is -2.23. The maximum absolute atomic E-state index is 11.7. The number of hydrogen-bond acceptors (Lipinski definition) is 2. The zero-order valence-electron chi connectivity index (χ0n) is 8.60. The minimum Gasteiger partial charge on any atom is -0.507 e. The van der Waals surface area contributed by atoms with Crippen molar-refractivity contribution in [2.45, 2.75) is 6.54 Å². The molecule has 1 aromatic carbocycles. The van der Waals surface area contributed by atoms with Crippen LogP contribution in [0.2, 0.25) is 0 Å². The molecule has 0 spiro atoms. The molecule has 0 unspecified atom stereocenters. The maximum atomic E-state index is 11.7. The Kier molecular flexibility index (Phi) is 2.91. The van der Waals surface area contributed by atoms with Gasteiger partial charge in [0.15, 0.2) is 0 Å². The molecule has 2 rings (SSSR count). The average molecular weight is 216 g/mol. The number of rotatable bonds is 3. The van der Waals surface area contributed by atoms with Gasteiger partial charge in [0.25, 0.3) is 5.91 Å². The second-order valence-electron chi connectivity index (χ2n) is 3.40. The molecule has 2 aromatic rings. The van der Waals surface area contributed by atoms with Crippen LogP contribution >= 0.6 is 0 Å². The fraction of sp³-hybridized carbons (Fsp3) is 0.0833. The van der Waals surface area contributed by atoms with Gasteiger partial charge in [-0.2, -0.15) is 0 Å². The van der Waals surface area contributed by atoms with Crippen LogP contribution in [0.5, 0.6) is 5.75 Å². The number of para-hydroxylation sites is 1. The molecule has 4 nitrogen and oxygen atoms in total. The molecule has 4 heteroatoms. The number of aromatic nitrogens is 1. The molecule has 1 aromatic heterocycles. The minimum atomic E-state index is -0.285. The summed E-state index contributed by atoms with van der Waals surface area (Å²) in [6.45, 7) is 0.417. The summed E-state index contributed by atoms with van der Waals surface area (Å²) in [6, 6.07) is 10.2. The lowest BCUT2D eigenvalue weighted by atomic mass is 10.2. The largest absolute Gasteiger partial charge is 0.507 e. The molecule has 3 N–H and O–H groups in total. The average Bonchev–Trinajstić information content (AvgIpc) is 2.79. The summed E-state index contributed by atoms with van der Waals surface area (Å²) in [5, 5.41) is 12.2. The van der Waals surface area contributed by atoms with Crippen molar-refractivity contribution in [2.75, 3.05) is 0 Å². The Balaban J connectivity index is 2.01. The first-order valence-electron chi connectivity index (χ1n) is 4.96. The van der Waals surface area contributed by atoms with Gasteiger partial charge in [0, 0.05) is 11.9 Å². The number of nitrogens with one attached hydrogen (secondary N) is 2. The van der Waals surface area contributed by atoms with Crippen LogP contribution in [0.1, 0.15) is 16.1 Å². The minimum absolute atomic E-state index is 0.00788. The third kappa shape index (κ3) is 2.23. The van der Waals surface area contributed by atoms with Gasteiger partial charge in [0.1, 0.15) is 5.75 Å².